The Morgan fingerprint density at radius 1 is 1.07 bits per heavy atom. The number of carbonyl (C=O) groups excluding carboxylic acids is 1. The summed E-state index contributed by atoms with van der Waals surface area (Å²) in [4.78, 5) is 14.5. The number of rotatable bonds is 9. The van der Waals surface area contributed by atoms with E-state index in [2.05, 4.69) is 27.7 Å². The van der Waals surface area contributed by atoms with Crippen LogP contribution in [0.25, 0.3) is 0 Å². The summed E-state index contributed by atoms with van der Waals surface area (Å²) in [5, 5.41) is 6.44. The molecule has 1 aliphatic rings. The summed E-state index contributed by atoms with van der Waals surface area (Å²) in [7, 11) is 1.67. The second-order valence-electron chi connectivity index (χ2n) is 6.91. The monoisotopic (exact) mass is 383 g/mol. The molecule has 0 bridgehead atoms. The highest BCUT2D eigenvalue weighted by Gasteiger charge is 2.12. The van der Waals surface area contributed by atoms with E-state index in [1.54, 1.807) is 7.11 Å². The number of hydrogen-bond acceptors (Lipinski definition) is 5. The molecule has 3 rings (SSSR count). The van der Waals surface area contributed by atoms with Crippen LogP contribution in [0.2, 0.25) is 0 Å². The molecule has 1 amide bonds. The second-order valence-corrected chi connectivity index (χ2v) is 6.91. The first-order chi connectivity index (χ1) is 13.7. The molecule has 1 fully saturated rings. The van der Waals surface area contributed by atoms with Crippen molar-refractivity contribution < 1.29 is 14.3 Å². The Morgan fingerprint density at radius 2 is 1.79 bits per heavy atom. The Bertz CT molecular complexity index is 760. The van der Waals surface area contributed by atoms with Gasteiger partial charge >= 0.3 is 0 Å². The van der Waals surface area contributed by atoms with Gasteiger partial charge in [-0.2, -0.15) is 0 Å². The molecule has 2 aromatic rings. The van der Waals surface area contributed by atoms with Crippen molar-refractivity contribution in [2.45, 2.75) is 19.5 Å². The van der Waals surface area contributed by atoms with Gasteiger partial charge in [-0.05, 0) is 35.4 Å². The fraction of sp³-hybridized carbons (Fsp3) is 0.409. The summed E-state index contributed by atoms with van der Waals surface area (Å²) >= 11 is 0. The molecule has 2 N–H and O–H groups in total. The quantitative estimate of drug-likeness (QED) is 0.697. The molecule has 0 atom stereocenters. The Morgan fingerprint density at radius 3 is 2.54 bits per heavy atom. The SMILES string of the molecule is COc1cccc(CNCc2cccc(NC(=O)CCN3CCOCC3)c2)c1. The van der Waals surface area contributed by atoms with Crippen molar-refractivity contribution in [3.63, 3.8) is 0 Å². The van der Waals surface area contributed by atoms with Gasteiger partial charge in [-0.1, -0.05) is 24.3 Å². The van der Waals surface area contributed by atoms with E-state index in [4.69, 9.17) is 9.47 Å². The highest BCUT2D eigenvalue weighted by Crippen LogP contribution is 2.14. The van der Waals surface area contributed by atoms with Gasteiger partial charge in [-0.15, -0.1) is 0 Å². The van der Waals surface area contributed by atoms with E-state index in [0.29, 0.717) is 6.42 Å². The molecular formula is C22H29N3O3. The summed E-state index contributed by atoms with van der Waals surface area (Å²) in [5.41, 5.74) is 3.15. The molecule has 0 radical (unpaired) electrons. The third-order valence-electron chi connectivity index (χ3n) is 4.76. The average Bonchev–Trinajstić information content (AvgIpc) is 2.73. The standard InChI is InChI=1S/C22H29N3O3/c1-27-21-7-3-5-19(15-21)17-23-16-18-4-2-6-20(14-18)24-22(26)8-9-25-10-12-28-13-11-25/h2-7,14-15,23H,8-13,16-17H2,1H3,(H,24,26). The van der Waals surface area contributed by atoms with Gasteiger partial charge in [0.15, 0.2) is 0 Å². The van der Waals surface area contributed by atoms with Crippen LogP contribution >= 0.6 is 0 Å². The summed E-state index contributed by atoms with van der Waals surface area (Å²) in [6.45, 7) is 5.58. The molecular weight excluding hydrogens is 354 g/mol. The number of morpholine rings is 1. The lowest BCUT2D eigenvalue weighted by Gasteiger charge is -2.26. The number of nitrogens with one attached hydrogen (secondary N) is 2. The van der Waals surface area contributed by atoms with Crippen LogP contribution in [-0.2, 0) is 22.6 Å². The Kier molecular flexibility index (Phi) is 7.84. The summed E-state index contributed by atoms with van der Waals surface area (Å²) < 4.78 is 10.6. The molecule has 2 aromatic carbocycles. The van der Waals surface area contributed by atoms with Gasteiger partial charge < -0.3 is 20.1 Å². The number of benzene rings is 2. The molecule has 1 saturated heterocycles. The third kappa shape index (κ3) is 6.64. The molecule has 28 heavy (non-hydrogen) atoms. The van der Waals surface area contributed by atoms with Crippen molar-refractivity contribution >= 4 is 11.6 Å². The lowest BCUT2D eigenvalue weighted by atomic mass is 10.1. The fourth-order valence-corrected chi connectivity index (χ4v) is 3.20. The largest absolute Gasteiger partial charge is 0.497 e. The summed E-state index contributed by atoms with van der Waals surface area (Å²) in [5.74, 6) is 0.911. The maximum Gasteiger partial charge on any atom is 0.225 e. The second kappa shape index (κ2) is 10.8. The molecule has 6 heteroatoms. The minimum atomic E-state index is 0.0491. The fourth-order valence-electron chi connectivity index (χ4n) is 3.20. The maximum absolute atomic E-state index is 12.2. The van der Waals surface area contributed by atoms with E-state index in [9.17, 15) is 4.79 Å². The zero-order valence-electron chi connectivity index (χ0n) is 16.4. The predicted octanol–water partition coefficient (Wildman–Crippen LogP) is 2.65. The van der Waals surface area contributed by atoms with Crippen LogP contribution in [0.1, 0.15) is 17.5 Å². The van der Waals surface area contributed by atoms with E-state index in [1.165, 1.54) is 5.56 Å². The highest BCUT2D eigenvalue weighted by molar-refractivity contribution is 5.90. The van der Waals surface area contributed by atoms with E-state index in [-0.39, 0.29) is 5.91 Å². The van der Waals surface area contributed by atoms with Crippen LogP contribution in [-0.4, -0.2) is 50.8 Å². The molecule has 0 saturated carbocycles. The van der Waals surface area contributed by atoms with E-state index in [0.717, 1.165) is 62.9 Å². The van der Waals surface area contributed by atoms with E-state index >= 15 is 0 Å². The zero-order valence-corrected chi connectivity index (χ0v) is 16.4. The van der Waals surface area contributed by atoms with Gasteiger partial charge in [-0.3, -0.25) is 9.69 Å². The first kappa shape index (κ1) is 20.3. The summed E-state index contributed by atoms with van der Waals surface area (Å²) in [6, 6.07) is 16.0. The van der Waals surface area contributed by atoms with Gasteiger partial charge in [0.25, 0.3) is 0 Å². The molecule has 0 unspecified atom stereocenters. The van der Waals surface area contributed by atoms with Crippen molar-refractivity contribution in [1.82, 2.24) is 10.2 Å². The van der Waals surface area contributed by atoms with Crippen LogP contribution in [0, 0.1) is 0 Å². The van der Waals surface area contributed by atoms with Crippen molar-refractivity contribution in [3.8, 4) is 5.75 Å². The van der Waals surface area contributed by atoms with Crippen LogP contribution in [0.3, 0.4) is 0 Å². The smallest absolute Gasteiger partial charge is 0.225 e. The number of nitrogens with zero attached hydrogens (tertiary/aromatic N) is 1. The molecule has 150 valence electrons. The third-order valence-corrected chi connectivity index (χ3v) is 4.76. The number of carbonyl (C=O) groups is 1. The Hall–Kier alpha value is -2.41. The average molecular weight is 383 g/mol. The first-order valence-corrected chi connectivity index (χ1v) is 9.75. The van der Waals surface area contributed by atoms with E-state index < -0.39 is 0 Å². The number of anilines is 1. The Labute approximate surface area is 166 Å². The zero-order chi connectivity index (χ0) is 19.6. The molecule has 6 nitrogen and oxygen atoms in total. The normalized spacial score (nSPS) is 14.6. The predicted molar refractivity (Wildman–Crippen MR) is 110 cm³/mol. The molecule has 1 heterocycles. The van der Waals surface area contributed by atoms with Crippen LogP contribution in [0.4, 0.5) is 5.69 Å². The van der Waals surface area contributed by atoms with Gasteiger partial charge in [0.05, 0.1) is 20.3 Å². The molecule has 1 aliphatic heterocycles. The van der Waals surface area contributed by atoms with Crippen LogP contribution < -0.4 is 15.4 Å². The lowest BCUT2D eigenvalue weighted by Crippen LogP contribution is -2.38. The van der Waals surface area contributed by atoms with Crippen LogP contribution in [0.5, 0.6) is 5.75 Å². The highest BCUT2D eigenvalue weighted by atomic mass is 16.5. The van der Waals surface area contributed by atoms with Gasteiger partial charge in [0.1, 0.15) is 5.75 Å². The molecule has 0 aliphatic carbocycles. The van der Waals surface area contributed by atoms with Crippen molar-refractivity contribution in [2.75, 3.05) is 45.3 Å². The van der Waals surface area contributed by atoms with Gasteiger partial charge in [-0.25, -0.2) is 0 Å². The topological polar surface area (TPSA) is 62.8 Å². The maximum atomic E-state index is 12.2. The van der Waals surface area contributed by atoms with Crippen molar-refractivity contribution in [3.05, 3.63) is 59.7 Å². The number of amides is 1. The first-order valence-electron chi connectivity index (χ1n) is 9.75. The molecule has 0 aromatic heterocycles. The van der Waals surface area contributed by atoms with Gasteiger partial charge in [0.2, 0.25) is 5.91 Å². The number of hydrogen-bond donors (Lipinski definition) is 2. The minimum absolute atomic E-state index is 0.0491. The van der Waals surface area contributed by atoms with Crippen molar-refractivity contribution in [2.24, 2.45) is 0 Å². The number of methoxy groups -OCH3 is 1. The summed E-state index contributed by atoms with van der Waals surface area (Å²) in [6.07, 6.45) is 0.498. The van der Waals surface area contributed by atoms with E-state index in [1.807, 2.05) is 36.4 Å². The van der Waals surface area contributed by atoms with Gasteiger partial charge in [0, 0.05) is 44.8 Å². The van der Waals surface area contributed by atoms with Crippen molar-refractivity contribution in [1.29, 1.82) is 0 Å². The van der Waals surface area contributed by atoms with Crippen LogP contribution in [0.15, 0.2) is 48.5 Å². The minimum Gasteiger partial charge on any atom is -0.497 e. The number of ether oxygens (including phenoxy) is 2. The molecule has 0 spiro atoms. The lowest BCUT2D eigenvalue weighted by molar-refractivity contribution is -0.116. The Balaban J connectivity index is 1.43.